The number of nitrogens with one attached hydrogen (secondary N) is 2. The van der Waals surface area contributed by atoms with E-state index in [1.165, 1.54) is 30.6 Å². The molecule has 39 heavy (non-hydrogen) atoms. The number of aromatic nitrogens is 1. The smallest absolute Gasteiger partial charge is 0.398 e. The first kappa shape index (κ1) is 27.8. The van der Waals surface area contributed by atoms with Gasteiger partial charge in [0.1, 0.15) is 5.71 Å². The number of alkyl halides is 3. The maximum absolute atomic E-state index is 13.9. The fraction of sp³-hybridized carbons (Fsp3) is 0.276. The van der Waals surface area contributed by atoms with Crippen molar-refractivity contribution >= 4 is 23.0 Å². The van der Waals surface area contributed by atoms with Gasteiger partial charge in [-0.25, -0.2) is 0 Å². The number of anilines is 2. The summed E-state index contributed by atoms with van der Waals surface area (Å²) in [5.41, 5.74) is 7.75. The molecule has 0 saturated carbocycles. The van der Waals surface area contributed by atoms with Crippen molar-refractivity contribution in [3.63, 3.8) is 0 Å². The largest absolute Gasteiger partial charge is 0.416 e. The first-order valence-corrected chi connectivity index (χ1v) is 12.3. The van der Waals surface area contributed by atoms with Crippen LogP contribution >= 0.6 is 0 Å². The molecule has 1 fully saturated rings. The molecule has 2 aromatic carbocycles. The molecular weight excluding hydrogens is 505 g/mol. The molecule has 4 N–H and O–H groups in total. The average Bonchev–Trinajstić information content (AvgIpc) is 2.90. The maximum atomic E-state index is 13.9. The quantitative estimate of drug-likeness (QED) is 0.256. The van der Waals surface area contributed by atoms with Crippen molar-refractivity contribution in [1.29, 1.82) is 5.41 Å². The molecule has 0 spiro atoms. The summed E-state index contributed by atoms with van der Waals surface area (Å²) in [6.07, 6.45) is -1.83. The van der Waals surface area contributed by atoms with Crippen LogP contribution in [0.1, 0.15) is 38.2 Å². The molecule has 10 heteroatoms. The summed E-state index contributed by atoms with van der Waals surface area (Å²) < 4.78 is 41.7. The molecule has 0 unspecified atom stereocenters. The molecule has 2 heterocycles. The number of nitrogens with zero attached hydrogens (tertiary/aromatic N) is 3. The van der Waals surface area contributed by atoms with Crippen LogP contribution in [0.5, 0.6) is 0 Å². The predicted octanol–water partition coefficient (Wildman–Crippen LogP) is 4.41. The number of likely N-dealkylation sites (N-methyl/N-ethyl adjacent to an activating group) is 1. The second kappa shape index (κ2) is 11.7. The summed E-state index contributed by atoms with van der Waals surface area (Å²) in [6, 6.07) is 10.6. The Morgan fingerprint density at radius 3 is 2.56 bits per heavy atom. The lowest BCUT2D eigenvalue weighted by Gasteiger charge is -2.33. The Morgan fingerprint density at radius 2 is 1.85 bits per heavy atom. The van der Waals surface area contributed by atoms with E-state index >= 15 is 0 Å². The number of nitrogens with two attached hydrogens (primary N) is 1. The van der Waals surface area contributed by atoms with Gasteiger partial charge in [0, 0.05) is 67.6 Å². The lowest BCUT2D eigenvalue weighted by molar-refractivity contribution is -0.138. The predicted molar refractivity (Wildman–Crippen MR) is 146 cm³/mol. The number of hydrogen-bond acceptors (Lipinski definition) is 6. The van der Waals surface area contributed by atoms with Gasteiger partial charge in [-0.05, 0) is 55.8 Å². The Kier molecular flexibility index (Phi) is 8.33. The van der Waals surface area contributed by atoms with Crippen molar-refractivity contribution in [2.45, 2.75) is 19.6 Å². The number of pyridine rings is 1. The van der Waals surface area contributed by atoms with Gasteiger partial charge in [-0.1, -0.05) is 23.6 Å². The van der Waals surface area contributed by atoms with Gasteiger partial charge < -0.3 is 16.0 Å². The zero-order valence-electron chi connectivity index (χ0n) is 21.7. The summed E-state index contributed by atoms with van der Waals surface area (Å²) in [5, 5.41) is 10.8. The van der Waals surface area contributed by atoms with Crippen molar-refractivity contribution in [2.75, 3.05) is 44.3 Å². The van der Waals surface area contributed by atoms with Crippen LogP contribution < -0.4 is 11.1 Å². The third-order valence-electron chi connectivity index (χ3n) is 6.47. The highest BCUT2D eigenvalue weighted by Crippen LogP contribution is 2.34. The standard InChI is InChI=1S/C29H29F3N6O/c1-19-3-7-26(33)24(13-19)27(34)8-4-20-14-22(17-35-16-20)28(39)36-23-6-5-21(25(15-23)29(30,31)32)18-38-11-9-37(2)10-12-38/h3,5-7,13-17,34H,9-12,18,33H2,1-2H3,(H,36,39). The van der Waals surface area contributed by atoms with E-state index in [4.69, 9.17) is 11.1 Å². The minimum Gasteiger partial charge on any atom is -0.398 e. The minimum absolute atomic E-state index is 0.0161. The number of aryl methyl sites for hydroxylation is 1. The van der Waals surface area contributed by atoms with Crippen LogP contribution in [0, 0.1) is 24.2 Å². The number of halogens is 3. The van der Waals surface area contributed by atoms with Gasteiger partial charge in [-0.15, -0.1) is 0 Å². The summed E-state index contributed by atoms with van der Waals surface area (Å²) in [4.78, 5) is 21.0. The summed E-state index contributed by atoms with van der Waals surface area (Å²) in [6.45, 7) is 5.05. The normalized spacial score (nSPS) is 14.4. The summed E-state index contributed by atoms with van der Waals surface area (Å²) in [5.74, 6) is 4.89. The van der Waals surface area contributed by atoms with E-state index in [0.717, 1.165) is 24.7 Å². The highest BCUT2D eigenvalue weighted by atomic mass is 19.4. The maximum Gasteiger partial charge on any atom is 0.416 e. The molecule has 1 saturated heterocycles. The van der Waals surface area contributed by atoms with Crippen LogP contribution in [0.15, 0.2) is 54.9 Å². The molecule has 1 amide bonds. The van der Waals surface area contributed by atoms with Gasteiger partial charge in [-0.3, -0.25) is 20.1 Å². The van der Waals surface area contributed by atoms with Crippen LogP contribution in [0.25, 0.3) is 0 Å². The van der Waals surface area contributed by atoms with Crippen molar-refractivity contribution in [3.8, 4) is 11.8 Å². The monoisotopic (exact) mass is 534 g/mol. The zero-order chi connectivity index (χ0) is 28.2. The fourth-order valence-electron chi connectivity index (χ4n) is 4.23. The fourth-order valence-corrected chi connectivity index (χ4v) is 4.23. The highest BCUT2D eigenvalue weighted by molar-refractivity contribution is 6.14. The van der Waals surface area contributed by atoms with Gasteiger partial charge >= 0.3 is 6.18 Å². The van der Waals surface area contributed by atoms with E-state index in [1.54, 1.807) is 12.1 Å². The number of hydrogen-bond donors (Lipinski definition) is 3. The van der Waals surface area contributed by atoms with E-state index in [-0.39, 0.29) is 29.1 Å². The molecule has 4 rings (SSSR count). The Labute approximate surface area is 225 Å². The first-order chi connectivity index (χ1) is 18.5. The van der Waals surface area contributed by atoms with E-state index in [9.17, 15) is 18.0 Å². The number of rotatable bonds is 5. The van der Waals surface area contributed by atoms with Gasteiger partial charge in [0.05, 0.1) is 11.1 Å². The molecule has 0 radical (unpaired) electrons. The number of carbonyl (C=O) groups is 1. The molecule has 0 bridgehead atoms. The van der Waals surface area contributed by atoms with Crippen molar-refractivity contribution in [1.82, 2.24) is 14.8 Å². The van der Waals surface area contributed by atoms with Crippen LogP contribution in [0.4, 0.5) is 24.5 Å². The number of amides is 1. The number of carbonyl (C=O) groups excluding carboxylic acids is 1. The Morgan fingerprint density at radius 1 is 1.10 bits per heavy atom. The Hall–Kier alpha value is -4.20. The molecule has 202 valence electrons. The van der Waals surface area contributed by atoms with Crippen LogP contribution in [0.2, 0.25) is 0 Å². The topological polar surface area (TPSA) is 98.3 Å². The molecule has 1 aliphatic rings. The van der Waals surface area contributed by atoms with Crippen LogP contribution in [-0.2, 0) is 12.7 Å². The van der Waals surface area contributed by atoms with Crippen molar-refractivity contribution in [3.05, 3.63) is 88.2 Å². The third-order valence-corrected chi connectivity index (χ3v) is 6.47. The van der Waals surface area contributed by atoms with Crippen LogP contribution in [0.3, 0.4) is 0 Å². The van der Waals surface area contributed by atoms with Gasteiger partial charge in [0.15, 0.2) is 0 Å². The number of benzene rings is 2. The van der Waals surface area contributed by atoms with E-state index < -0.39 is 17.6 Å². The first-order valence-electron chi connectivity index (χ1n) is 12.3. The van der Waals surface area contributed by atoms with Crippen LogP contribution in [-0.4, -0.2) is 59.6 Å². The minimum atomic E-state index is -4.56. The Balaban J connectivity index is 1.49. The molecular formula is C29H29F3N6O. The van der Waals surface area contributed by atoms with Gasteiger partial charge in [-0.2, -0.15) is 13.2 Å². The van der Waals surface area contributed by atoms with Crippen molar-refractivity contribution in [2.24, 2.45) is 0 Å². The number of piperazine rings is 1. The van der Waals surface area contributed by atoms with E-state index in [1.807, 2.05) is 24.9 Å². The van der Waals surface area contributed by atoms with E-state index in [0.29, 0.717) is 29.9 Å². The average molecular weight is 535 g/mol. The third kappa shape index (κ3) is 7.22. The van der Waals surface area contributed by atoms with Crippen molar-refractivity contribution < 1.29 is 18.0 Å². The molecule has 1 aromatic heterocycles. The SMILES string of the molecule is Cc1ccc(N)c(C(=N)C#Cc2cncc(C(=O)Nc3ccc(CN4CCN(C)CC4)c(C(F)(F)F)c3)c2)c1. The summed E-state index contributed by atoms with van der Waals surface area (Å²) >= 11 is 0. The lowest BCUT2D eigenvalue weighted by Crippen LogP contribution is -2.44. The molecule has 7 nitrogen and oxygen atoms in total. The molecule has 1 aliphatic heterocycles. The van der Waals surface area contributed by atoms with E-state index in [2.05, 4.69) is 27.0 Å². The van der Waals surface area contributed by atoms with Gasteiger partial charge in [0.25, 0.3) is 5.91 Å². The molecule has 0 aliphatic carbocycles. The summed E-state index contributed by atoms with van der Waals surface area (Å²) in [7, 11) is 1.99. The van der Waals surface area contributed by atoms with Gasteiger partial charge in [0.2, 0.25) is 0 Å². The highest BCUT2D eigenvalue weighted by Gasteiger charge is 2.34. The zero-order valence-corrected chi connectivity index (χ0v) is 21.7. The molecule has 3 aromatic rings. The second-order valence-electron chi connectivity index (χ2n) is 9.58. The lowest BCUT2D eigenvalue weighted by atomic mass is 10.0. The number of nitrogen functional groups attached to an aromatic ring is 1. The second-order valence-corrected chi connectivity index (χ2v) is 9.58. The Bertz CT molecular complexity index is 1450. The molecule has 0 atom stereocenters.